The molecular formula is C25H27FN10O2S. The van der Waals surface area contributed by atoms with Crippen LogP contribution in [-0.4, -0.2) is 59.4 Å². The zero-order chi connectivity index (χ0) is 27.4. The van der Waals surface area contributed by atoms with Crippen molar-refractivity contribution >= 4 is 51.4 Å². The van der Waals surface area contributed by atoms with Crippen LogP contribution >= 0.6 is 11.5 Å². The molecular weight excluding hydrogens is 523 g/mol. The summed E-state index contributed by atoms with van der Waals surface area (Å²) in [6.07, 6.45) is 8.70. The summed E-state index contributed by atoms with van der Waals surface area (Å²) in [4.78, 5) is 27.2. The van der Waals surface area contributed by atoms with Crippen molar-refractivity contribution < 1.29 is 13.9 Å². The Hall–Kier alpha value is -4.30. The molecule has 0 spiro atoms. The molecule has 1 amide bonds. The number of amides is 1. The van der Waals surface area contributed by atoms with Crippen LogP contribution in [0.2, 0.25) is 0 Å². The highest BCUT2D eigenvalue weighted by molar-refractivity contribution is 7.10. The lowest BCUT2D eigenvalue weighted by Crippen LogP contribution is -2.29. The van der Waals surface area contributed by atoms with Gasteiger partial charge >= 0.3 is 0 Å². The SMILES string of the molecule is Cc1cn2c(C(=N)OC(=N)CC(=O)Nc3ccncc3F)cnc2c(Nc2cc(CN3CCCCC3)ns2)n1. The predicted octanol–water partition coefficient (Wildman–Crippen LogP) is 4.11. The van der Waals surface area contributed by atoms with Crippen LogP contribution in [0.3, 0.4) is 0 Å². The lowest BCUT2D eigenvalue weighted by Gasteiger charge is -2.25. The van der Waals surface area contributed by atoms with E-state index in [-0.39, 0.29) is 17.3 Å². The monoisotopic (exact) mass is 550 g/mol. The average molecular weight is 551 g/mol. The number of nitrogens with one attached hydrogen (secondary N) is 4. The number of aryl methyl sites for hydroxylation is 1. The van der Waals surface area contributed by atoms with Crippen LogP contribution < -0.4 is 10.6 Å². The van der Waals surface area contributed by atoms with Gasteiger partial charge in [0.15, 0.2) is 23.2 Å². The smallest absolute Gasteiger partial charge is 0.239 e. The number of imidazole rings is 1. The van der Waals surface area contributed by atoms with E-state index in [1.807, 2.05) is 13.0 Å². The Morgan fingerprint density at radius 3 is 2.85 bits per heavy atom. The normalized spacial score (nSPS) is 13.8. The number of aromatic nitrogens is 5. The van der Waals surface area contributed by atoms with Crippen molar-refractivity contribution in [2.45, 2.75) is 39.2 Å². The summed E-state index contributed by atoms with van der Waals surface area (Å²) in [5.41, 5.74) is 2.36. The van der Waals surface area contributed by atoms with E-state index in [2.05, 4.69) is 34.9 Å². The molecule has 1 aliphatic heterocycles. The molecule has 1 aliphatic rings. The van der Waals surface area contributed by atoms with Crippen LogP contribution in [0.5, 0.6) is 0 Å². The van der Waals surface area contributed by atoms with Crippen LogP contribution in [0.15, 0.2) is 36.9 Å². The minimum absolute atomic E-state index is 0.0535. The third-order valence-corrected chi connectivity index (χ3v) is 6.82. The maximum absolute atomic E-state index is 13.7. The van der Waals surface area contributed by atoms with Gasteiger partial charge in [-0.3, -0.25) is 29.9 Å². The van der Waals surface area contributed by atoms with Crippen molar-refractivity contribution in [3.8, 4) is 0 Å². The third-order valence-electron chi connectivity index (χ3n) is 6.07. The van der Waals surface area contributed by atoms with E-state index in [4.69, 9.17) is 15.6 Å². The maximum Gasteiger partial charge on any atom is 0.239 e. The Balaban J connectivity index is 1.25. The number of rotatable bonds is 8. The first-order valence-corrected chi connectivity index (χ1v) is 13.2. The summed E-state index contributed by atoms with van der Waals surface area (Å²) in [5.74, 6) is -1.70. The Morgan fingerprint density at radius 2 is 2.05 bits per heavy atom. The summed E-state index contributed by atoms with van der Waals surface area (Å²) >= 11 is 1.35. The number of nitrogens with zero attached hydrogens (tertiary/aromatic N) is 6. The molecule has 1 saturated heterocycles. The summed E-state index contributed by atoms with van der Waals surface area (Å²) in [5, 5.41) is 22.9. The van der Waals surface area contributed by atoms with Crippen molar-refractivity contribution in [1.29, 1.82) is 10.8 Å². The number of hydrogen-bond acceptors (Lipinski definition) is 11. The van der Waals surface area contributed by atoms with Gasteiger partial charge in [-0.25, -0.2) is 14.4 Å². The third kappa shape index (κ3) is 6.41. The van der Waals surface area contributed by atoms with Crippen LogP contribution in [-0.2, 0) is 16.1 Å². The molecule has 14 heteroatoms. The number of carbonyl (C=O) groups is 1. The molecule has 4 aromatic heterocycles. The fourth-order valence-electron chi connectivity index (χ4n) is 4.30. The van der Waals surface area contributed by atoms with E-state index < -0.39 is 24.0 Å². The first-order valence-electron chi connectivity index (χ1n) is 12.4. The number of likely N-dealkylation sites (tertiary alicyclic amines) is 1. The number of pyridine rings is 1. The Bertz CT molecular complexity index is 1530. The molecule has 0 aliphatic carbocycles. The molecule has 0 atom stereocenters. The highest BCUT2D eigenvalue weighted by Gasteiger charge is 2.19. The first-order chi connectivity index (χ1) is 18.9. The molecule has 39 heavy (non-hydrogen) atoms. The van der Waals surface area contributed by atoms with E-state index in [0.29, 0.717) is 17.2 Å². The Kier molecular flexibility index (Phi) is 7.84. The fourth-order valence-corrected chi connectivity index (χ4v) is 4.95. The molecule has 12 nitrogen and oxygen atoms in total. The zero-order valence-electron chi connectivity index (χ0n) is 21.2. The van der Waals surface area contributed by atoms with Gasteiger partial charge in [0.2, 0.25) is 11.8 Å². The fraction of sp³-hybridized carbons (Fsp3) is 0.320. The van der Waals surface area contributed by atoms with Crippen LogP contribution in [0, 0.1) is 23.6 Å². The molecule has 0 radical (unpaired) electrons. The van der Waals surface area contributed by atoms with Crippen molar-refractivity contribution in [2.24, 2.45) is 0 Å². The van der Waals surface area contributed by atoms with Crippen molar-refractivity contribution in [2.75, 3.05) is 23.7 Å². The molecule has 1 fully saturated rings. The maximum atomic E-state index is 13.7. The molecule has 202 valence electrons. The van der Waals surface area contributed by atoms with E-state index in [0.717, 1.165) is 36.5 Å². The zero-order valence-corrected chi connectivity index (χ0v) is 22.0. The van der Waals surface area contributed by atoms with Gasteiger partial charge < -0.3 is 15.4 Å². The Morgan fingerprint density at radius 1 is 1.23 bits per heavy atom. The number of ether oxygens (including phenoxy) is 1. The van der Waals surface area contributed by atoms with Gasteiger partial charge in [-0.15, -0.1) is 0 Å². The Labute approximate surface area is 227 Å². The largest absolute Gasteiger partial charge is 0.423 e. The summed E-state index contributed by atoms with van der Waals surface area (Å²) in [6.45, 7) is 4.82. The van der Waals surface area contributed by atoms with Gasteiger partial charge in [0, 0.05) is 18.9 Å². The quantitative estimate of drug-likeness (QED) is 0.189. The summed E-state index contributed by atoms with van der Waals surface area (Å²) in [7, 11) is 0. The van der Waals surface area contributed by atoms with Gasteiger partial charge in [-0.05, 0) is 56.5 Å². The molecule has 5 heterocycles. The number of fused-ring (bicyclic) bond motifs is 1. The number of anilines is 3. The van der Waals surface area contributed by atoms with Gasteiger partial charge in [0.25, 0.3) is 0 Å². The second-order valence-electron chi connectivity index (χ2n) is 9.15. The number of piperidine rings is 1. The highest BCUT2D eigenvalue weighted by atomic mass is 32.1. The van der Waals surface area contributed by atoms with Gasteiger partial charge in [0.05, 0.1) is 29.5 Å². The summed E-state index contributed by atoms with van der Waals surface area (Å²) in [6, 6.07) is 3.32. The number of carbonyl (C=O) groups excluding carboxylic acids is 1. The minimum atomic E-state index is -0.693. The summed E-state index contributed by atoms with van der Waals surface area (Å²) < 4.78 is 25.2. The number of halogens is 1. The molecule has 4 aromatic rings. The van der Waals surface area contributed by atoms with E-state index in [9.17, 15) is 9.18 Å². The van der Waals surface area contributed by atoms with E-state index in [1.54, 1.807) is 10.6 Å². The average Bonchev–Trinajstić information content (AvgIpc) is 3.52. The van der Waals surface area contributed by atoms with E-state index in [1.165, 1.54) is 49.3 Å². The molecule has 4 N–H and O–H groups in total. The lowest BCUT2D eigenvalue weighted by molar-refractivity contribution is -0.115. The predicted molar refractivity (Wildman–Crippen MR) is 145 cm³/mol. The molecule has 0 saturated carbocycles. The van der Waals surface area contributed by atoms with Crippen molar-refractivity contribution in [1.82, 2.24) is 28.6 Å². The molecule has 0 bridgehead atoms. The van der Waals surface area contributed by atoms with Crippen LogP contribution in [0.4, 0.5) is 20.9 Å². The highest BCUT2D eigenvalue weighted by Crippen LogP contribution is 2.26. The van der Waals surface area contributed by atoms with Crippen LogP contribution in [0.1, 0.15) is 42.8 Å². The molecule has 0 unspecified atom stereocenters. The standard InChI is InChI=1S/C25H27FN10O2S/c1-15-13-36-19(23(28)38-20(27)10-21(37)32-18-5-6-29-11-17(18)26)12-30-25(36)24(31-15)33-22-9-16(34-39-22)14-35-7-3-2-4-8-35/h5-6,9,11-13,27-28H,2-4,7-8,10,14H2,1H3,(H,31,33)(H,29,32,37). The lowest BCUT2D eigenvalue weighted by atomic mass is 10.1. The molecule has 5 rings (SSSR count). The second kappa shape index (κ2) is 11.6. The second-order valence-corrected chi connectivity index (χ2v) is 9.95. The van der Waals surface area contributed by atoms with Crippen molar-refractivity contribution in [3.63, 3.8) is 0 Å². The van der Waals surface area contributed by atoms with Crippen molar-refractivity contribution in [3.05, 3.63) is 59.8 Å². The van der Waals surface area contributed by atoms with Crippen LogP contribution in [0.25, 0.3) is 5.65 Å². The first kappa shape index (κ1) is 26.3. The van der Waals surface area contributed by atoms with Gasteiger partial charge in [-0.2, -0.15) is 4.37 Å². The van der Waals surface area contributed by atoms with E-state index >= 15 is 0 Å². The topological polar surface area (TPSA) is 157 Å². The number of hydrogen-bond donors (Lipinski definition) is 4. The van der Waals surface area contributed by atoms with Gasteiger partial charge in [-0.1, -0.05) is 6.42 Å². The molecule has 0 aromatic carbocycles. The van der Waals surface area contributed by atoms with Gasteiger partial charge in [0.1, 0.15) is 17.1 Å². The minimum Gasteiger partial charge on any atom is -0.423 e.